The molecule has 36 heavy (non-hydrogen) atoms. The molecule has 0 fully saturated rings. The molecule has 10 heteroatoms. The standard InChI is InChI=1S/C26H21ClN4O4S/c1-34-22-9-3-2-7-20(22)26(33)31-24(28-15-18-10-11-23(27)36-18)14-21(29-31)19-8-4-12-30(25(19)32)16-17-6-5-13-35-17/h2-14,28H,15-16H2,1H3. The number of carbonyl (C=O) groups is 1. The molecule has 5 rings (SSSR count). The Morgan fingerprint density at radius 2 is 2.00 bits per heavy atom. The molecular formula is C26H21ClN4O4S. The number of halogens is 1. The van der Waals surface area contributed by atoms with Crippen LogP contribution in [0.25, 0.3) is 11.3 Å². The van der Waals surface area contributed by atoms with Crippen LogP contribution >= 0.6 is 22.9 Å². The number of pyridine rings is 1. The van der Waals surface area contributed by atoms with Gasteiger partial charge in [0.1, 0.15) is 23.0 Å². The Hall–Kier alpha value is -4.08. The van der Waals surface area contributed by atoms with E-state index in [-0.39, 0.29) is 12.1 Å². The number of ether oxygens (including phenoxy) is 1. The number of methoxy groups -OCH3 is 1. The molecule has 0 amide bonds. The SMILES string of the molecule is COc1ccccc1C(=O)n1nc(-c2cccn(Cc3ccco3)c2=O)cc1NCc1ccc(Cl)s1. The maximum atomic E-state index is 13.5. The Kier molecular flexibility index (Phi) is 6.75. The lowest BCUT2D eigenvalue weighted by atomic mass is 10.2. The van der Waals surface area contributed by atoms with Crippen molar-refractivity contribution in [3.63, 3.8) is 0 Å². The topological polar surface area (TPSA) is 91.3 Å². The van der Waals surface area contributed by atoms with Crippen molar-refractivity contribution >= 4 is 34.7 Å². The molecule has 4 heterocycles. The second-order valence-corrected chi connectivity index (χ2v) is 9.63. The van der Waals surface area contributed by atoms with Gasteiger partial charge in [0.15, 0.2) is 0 Å². The molecule has 0 bridgehead atoms. The summed E-state index contributed by atoms with van der Waals surface area (Å²) in [6.07, 6.45) is 3.25. The summed E-state index contributed by atoms with van der Waals surface area (Å²) in [6.45, 7) is 0.712. The van der Waals surface area contributed by atoms with E-state index in [1.807, 2.05) is 12.1 Å². The van der Waals surface area contributed by atoms with Gasteiger partial charge in [0, 0.05) is 17.1 Å². The molecule has 4 aromatic heterocycles. The third-order valence-corrected chi connectivity index (χ3v) is 6.75. The Labute approximate surface area is 215 Å². The van der Waals surface area contributed by atoms with Crippen LogP contribution in [0.4, 0.5) is 5.82 Å². The zero-order chi connectivity index (χ0) is 25.1. The van der Waals surface area contributed by atoms with Gasteiger partial charge in [0.2, 0.25) is 0 Å². The minimum absolute atomic E-state index is 0.250. The van der Waals surface area contributed by atoms with Gasteiger partial charge < -0.3 is 19.0 Å². The highest BCUT2D eigenvalue weighted by Gasteiger charge is 2.21. The van der Waals surface area contributed by atoms with Crippen LogP contribution in [0.3, 0.4) is 0 Å². The predicted molar refractivity (Wildman–Crippen MR) is 139 cm³/mol. The zero-order valence-electron chi connectivity index (χ0n) is 19.2. The number of thiophene rings is 1. The van der Waals surface area contributed by atoms with Gasteiger partial charge in [-0.1, -0.05) is 23.7 Å². The number of nitrogens with zero attached hydrogens (tertiary/aromatic N) is 3. The van der Waals surface area contributed by atoms with Crippen LogP contribution in [0.5, 0.6) is 5.75 Å². The van der Waals surface area contributed by atoms with Crippen molar-refractivity contribution in [1.29, 1.82) is 0 Å². The second-order valence-electron chi connectivity index (χ2n) is 7.83. The summed E-state index contributed by atoms with van der Waals surface area (Å²) in [5.74, 6) is 1.13. The van der Waals surface area contributed by atoms with E-state index < -0.39 is 5.91 Å². The molecule has 0 radical (unpaired) electrons. The predicted octanol–water partition coefficient (Wildman–Crippen LogP) is 5.38. The molecule has 0 unspecified atom stereocenters. The zero-order valence-corrected chi connectivity index (χ0v) is 20.8. The van der Waals surface area contributed by atoms with E-state index in [1.165, 1.54) is 27.7 Å². The number of benzene rings is 1. The van der Waals surface area contributed by atoms with Gasteiger partial charge in [-0.3, -0.25) is 9.59 Å². The fraction of sp³-hybridized carbons (Fsp3) is 0.115. The summed E-state index contributed by atoms with van der Waals surface area (Å²) in [5, 5.41) is 7.80. The lowest BCUT2D eigenvalue weighted by Crippen LogP contribution is -2.21. The molecule has 0 atom stereocenters. The Morgan fingerprint density at radius 1 is 1.14 bits per heavy atom. The highest BCUT2D eigenvalue weighted by Crippen LogP contribution is 2.26. The first kappa shape index (κ1) is 23.7. The van der Waals surface area contributed by atoms with E-state index in [2.05, 4.69) is 10.4 Å². The van der Waals surface area contributed by atoms with Crippen molar-refractivity contribution in [2.24, 2.45) is 0 Å². The van der Waals surface area contributed by atoms with E-state index in [4.69, 9.17) is 20.8 Å². The first-order valence-electron chi connectivity index (χ1n) is 11.0. The van der Waals surface area contributed by atoms with Crippen LogP contribution < -0.4 is 15.6 Å². The molecule has 0 aliphatic rings. The number of rotatable bonds is 8. The molecule has 0 spiro atoms. The summed E-state index contributed by atoms with van der Waals surface area (Å²) in [7, 11) is 1.51. The van der Waals surface area contributed by atoms with E-state index in [0.29, 0.717) is 45.0 Å². The third kappa shape index (κ3) is 4.84. The summed E-state index contributed by atoms with van der Waals surface area (Å²) in [4.78, 5) is 27.8. The van der Waals surface area contributed by atoms with E-state index in [1.54, 1.807) is 67.1 Å². The highest BCUT2D eigenvalue weighted by molar-refractivity contribution is 7.16. The van der Waals surface area contributed by atoms with Crippen molar-refractivity contribution in [2.75, 3.05) is 12.4 Å². The molecule has 182 valence electrons. The molecule has 0 aliphatic carbocycles. The van der Waals surface area contributed by atoms with Crippen LogP contribution in [0.2, 0.25) is 4.34 Å². The van der Waals surface area contributed by atoms with Gasteiger partial charge in [-0.25, -0.2) is 0 Å². The number of aromatic nitrogens is 3. The molecule has 0 saturated carbocycles. The number of nitrogens with one attached hydrogen (secondary N) is 1. The lowest BCUT2D eigenvalue weighted by molar-refractivity contribution is 0.0945. The van der Waals surface area contributed by atoms with Crippen LogP contribution in [-0.4, -0.2) is 27.4 Å². The highest BCUT2D eigenvalue weighted by atomic mass is 35.5. The number of para-hydroxylation sites is 1. The molecule has 8 nitrogen and oxygen atoms in total. The average molecular weight is 521 g/mol. The maximum Gasteiger partial charge on any atom is 0.283 e. The monoisotopic (exact) mass is 520 g/mol. The fourth-order valence-corrected chi connectivity index (χ4v) is 4.81. The number of anilines is 1. The first-order chi connectivity index (χ1) is 17.5. The van der Waals surface area contributed by atoms with Gasteiger partial charge >= 0.3 is 0 Å². The minimum atomic E-state index is -0.391. The fourth-order valence-electron chi connectivity index (χ4n) is 3.78. The van der Waals surface area contributed by atoms with Crippen molar-refractivity contribution in [3.8, 4) is 17.0 Å². The molecule has 0 aliphatic heterocycles. The van der Waals surface area contributed by atoms with Crippen molar-refractivity contribution in [3.05, 3.63) is 110 Å². The van der Waals surface area contributed by atoms with Gasteiger partial charge in [0.25, 0.3) is 11.5 Å². The van der Waals surface area contributed by atoms with Gasteiger partial charge in [0.05, 0.1) is 41.9 Å². The van der Waals surface area contributed by atoms with Gasteiger partial charge in [-0.15, -0.1) is 11.3 Å². The normalized spacial score (nSPS) is 10.9. The molecular weight excluding hydrogens is 500 g/mol. The van der Waals surface area contributed by atoms with E-state index in [0.717, 1.165) is 4.88 Å². The number of carbonyl (C=O) groups excluding carboxylic acids is 1. The van der Waals surface area contributed by atoms with Crippen molar-refractivity contribution in [2.45, 2.75) is 13.1 Å². The van der Waals surface area contributed by atoms with Gasteiger partial charge in [-0.2, -0.15) is 9.78 Å². The van der Waals surface area contributed by atoms with E-state index in [9.17, 15) is 9.59 Å². The number of furan rings is 1. The first-order valence-corrected chi connectivity index (χ1v) is 12.2. The van der Waals surface area contributed by atoms with E-state index >= 15 is 0 Å². The quantitative estimate of drug-likeness (QED) is 0.295. The average Bonchev–Trinajstić information content (AvgIpc) is 3.65. The Bertz CT molecular complexity index is 1570. The number of hydrogen-bond donors (Lipinski definition) is 1. The minimum Gasteiger partial charge on any atom is -0.496 e. The lowest BCUT2D eigenvalue weighted by Gasteiger charge is -2.10. The third-order valence-electron chi connectivity index (χ3n) is 5.51. The second kappa shape index (κ2) is 10.3. The molecule has 0 saturated heterocycles. The Morgan fingerprint density at radius 3 is 2.75 bits per heavy atom. The number of hydrogen-bond acceptors (Lipinski definition) is 7. The van der Waals surface area contributed by atoms with Crippen LogP contribution in [0.1, 0.15) is 21.0 Å². The Balaban J connectivity index is 1.54. The largest absolute Gasteiger partial charge is 0.496 e. The van der Waals surface area contributed by atoms with Crippen LogP contribution in [0.15, 0.2) is 88.4 Å². The smallest absolute Gasteiger partial charge is 0.283 e. The van der Waals surface area contributed by atoms with Gasteiger partial charge in [-0.05, 0) is 48.5 Å². The molecule has 1 aromatic carbocycles. The molecule has 1 N–H and O–H groups in total. The van der Waals surface area contributed by atoms with Crippen molar-refractivity contribution in [1.82, 2.24) is 14.3 Å². The van der Waals surface area contributed by atoms with Crippen LogP contribution in [0, 0.1) is 0 Å². The maximum absolute atomic E-state index is 13.5. The summed E-state index contributed by atoms with van der Waals surface area (Å²) in [5.41, 5.74) is 0.821. The van der Waals surface area contributed by atoms with Crippen LogP contribution in [-0.2, 0) is 13.1 Å². The summed E-state index contributed by atoms with van der Waals surface area (Å²) < 4.78 is 14.2. The molecule has 5 aromatic rings. The van der Waals surface area contributed by atoms with Crippen molar-refractivity contribution < 1.29 is 13.9 Å². The summed E-state index contributed by atoms with van der Waals surface area (Å²) >= 11 is 7.50. The summed E-state index contributed by atoms with van der Waals surface area (Å²) in [6, 6.07) is 19.4.